The first kappa shape index (κ1) is 12.7. The van der Waals surface area contributed by atoms with Crippen LogP contribution in [0, 0.1) is 0 Å². The second-order valence-electron chi connectivity index (χ2n) is 3.16. The molecule has 0 aliphatic rings. The van der Waals surface area contributed by atoms with Gasteiger partial charge in [-0.05, 0) is 19.9 Å². The molecule has 0 fully saturated rings. The Bertz CT molecular complexity index is 352. The molecule has 0 aliphatic carbocycles. The van der Waals surface area contributed by atoms with Crippen LogP contribution in [-0.2, 0) is 0 Å². The number of carbonyl (C=O) groups is 1. The largest absolute Gasteiger partial charge is 0.382 e. The fourth-order valence-corrected chi connectivity index (χ4v) is 1.97. The number of nitrogens with one attached hydrogen (secondary N) is 2. The van der Waals surface area contributed by atoms with Crippen molar-refractivity contribution in [3.8, 4) is 0 Å². The molecule has 6 nitrogen and oxygen atoms in total. The van der Waals surface area contributed by atoms with Gasteiger partial charge in [0.05, 0.1) is 0 Å². The molecule has 16 heavy (non-hydrogen) atoms. The van der Waals surface area contributed by atoms with Gasteiger partial charge in [-0.3, -0.25) is 4.79 Å². The minimum atomic E-state index is -0.187. The number of nitrogens with zero attached hydrogens (tertiary/aromatic N) is 1. The summed E-state index contributed by atoms with van der Waals surface area (Å²) in [7, 11) is 0. The molecule has 0 bridgehead atoms. The second kappa shape index (κ2) is 6.29. The monoisotopic (exact) mass is 243 g/mol. The van der Waals surface area contributed by atoms with Crippen molar-refractivity contribution in [1.29, 1.82) is 0 Å². The first-order chi connectivity index (χ1) is 7.69. The lowest BCUT2D eigenvalue weighted by Crippen LogP contribution is -2.25. The van der Waals surface area contributed by atoms with Crippen LogP contribution in [0.15, 0.2) is 0 Å². The van der Waals surface area contributed by atoms with Crippen LogP contribution in [0.1, 0.15) is 23.0 Å². The van der Waals surface area contributed by atoms with Crippen molar-refractivity contribution in [3.63, 3.8) is 0 Å². The summed E-state index contributed by atoms with van der Waals surface area (Å²) in [5, 5.41) is 6.43. The predicted octanol–water partition coefficient (Wildman–Crippen LogP) is 0.236. The maximum absolute atomic E-state index is 11.7. The topological polar surface area (TPSA) is 106 Å². The Balaban J connectivity index is 2.60. The van der Waals surface area contributed by atoms with Crippen LogP contribution in [0.2, 0.25) is 0 Å². The van der Waals surface area contributed by atoms with Gasteiger partial charge in [0.1, 0.15) is 10.7 Å². The van der Waals surface area contributed by atoms with Gasteiger partial charge in [-0.15, -0.1) is 0 Å². The number of hydrogen-bond donors (Lipinski definition) is 4. The number of nitrogen functional groups attached to an aromatic ring is 1. The lowest BCUT2D eigenvalue weighted by molar-refractivity contribution is 0.0958. The zero-order valence-corrected chi connectivity index (χ0v) is 10.1. The van der Waals surface area contributed by atoms with Crippen molar-refractivity contribution >= 4 is 28.2 Å². The van der Waals surface area contributed by atoms with Crippen LogP contribution in [0.5, 0.6) is 0 Å². The number of thiazole rings is 1. The first-order valence-corrected chi connectivity index (χ1v) is 5.99. The highest BCUT2D eigenvalue weighted by atomic mass is 32.1. The van der Waals surface area contributed by atoms with E-state index >= 15 is 0 Å². The van der Waals surface area contributed by atoms with Gasteiger partial charge in [0, 0.05) is 13.1 Å². The summed E-state index contributed by atoms with van der Waals surface area (Å²) in [6.45, 7) is 3.82. The molecule has 1 rings (SSSR count). The third-order valence-corrected chi connectivity index (χ3v) is 2.88. The van der Waals surface area contributed by atoms with E-state index in [9.17, 15) is 4.79 Å². The fraction of sp³-hybridized carbons (Fsp3) is 0.556. The van der Waals surface area contributed by atoms with E-state index in [4.69, 9.17) is 11.5 Å². The third-order valence-electron chi connectivity index (χ3n) is 1.85. The highest BCUT2D eigenvalue weighted by Gasteiger charge is 2.15. The Morgan fingerprint density at radius 2 is 2.31 bits per heavy atom. The maximum atomic E-state index is 11.7. The summed E-state index contributed by atoms with van der Waals surface area (Å²) in [5.41, 5.74) is 11.0. The van der Waals surface area contributed by atoms with Gasteiger partial charge in [-0.2, -0.15) is 0 Å². The maximum Gasteiger partial charge on any atom is 0.265 e. The quantitative estimate of drug-likeness (QED) is 0.535. The summed E-state index contributed by atoms with van der Waals surface area (Å²) >= 11 is 1.26. The van der Waals surface area contributed by atoms with Crippen LogP contribution in [0.25, 0.3) is 0 Å². The van der Waals surface area contributed by atoms with Crippen molar-refractivity contribution in [1.82, 2.24) is 10.3 Å². The third kappa shape index (κ3) is 3.35. The Morgan fingerprint density at radius 1 is 1.56 bits per heavy atom. The van der Waals surface area contributed by atoms with Gasteiger partial charge in [0.15, 0.2) is 5.13 Å². The van der Waals surface area contributed by atoms with Crippen LogP contribution < -0.4 is 22.1 Å². The molecule has 0 spiro atoms. The van der Waals surface area contributed by atoms with Crippen molar-refractivity contribution < 1.29 is 4.79 Å². The molecular weight excluding hydrogens is 226 g/mol. The number of aromatic nitrogens is 1. The van der Waals surface area contributed by atoms with Gasteiger partial charge in [0.2, 0.25) is 0 Å². The SMILES string of the molecule is CCNc1nc(N)c(C(=O)NCCCN)s1. The van der Waals surface area contributed by atoms with Crippen LogP contribution >= 0.6 is 11.3 Å². The number of anilines is 2. The molecule has 1 aromatic rings. The molecule has 0 radical (unpaired) electrons. The Morgan fingerprint density at radius 3 is 2.94 bits per heavy atom. The summed E-state index contributed by atoms with van der Waals surface area (Å²) in [5.74, 6) is 0.0822. The van der Waals surface area contributed by atoms with E-state index in [1.807, 2.05) is 6.92 Å². The Labute approximate surface area is 98.4 Å². The molecule has 1 heterocycles. The Hall–Kier alpha value is -1.34. The van der Waals surface area contributed by atoms with E-state index in [1.54, 1.807) is 0 Å². The number of rotatable bonds is 6. The minimum Gasteiger partial charge on any atom is -0.382 e. The molecule has 1 aromatic heterocycles. The van der Waals surface area contributed by atoms with Gasteiger partial charge in [-0.25, -0.2) is 4.98 Å². The molecule has 0 saturated heterocycles. The smallest absolute Gasteiger partial charge is 0.265 e. The van der Waals surface area contributed by atoms with Crippen molar-refractivity contribution in [2.45, 2.75) is 13.3 Å². The molecule has 7 heteroatoms. The van der Waals surface area contributed by atoms with E-state index in [0.717, 1.165) is 13.0 Å². The van der Waals surface area contributed by atoms with Gasteiger partial charge in [-0.1, -0.05) is 11.3 Å². The molecule has 0 saturated carbocycles. The summed E-state index contributed by atoms with van der Waals surface area (Å²) in [6, 6.07) is 0. The van der Waals surface area contributed by atoms with Gasteiger partial charge in [0.25, 0.3) is 5.91 Å². The molecule has 90 valence electrons. The van der Waals surface area contributed by atoms with Crippen molar-refractivity contribution in [2.24, 2.45) is 5.73 Å². The molecule has 1 amide bonds. The van der Waals surface area contributed by atoms with Crippen molar-refractivity contribution in [3.05, 3.63) is 4.88 Å². The standard InChI is InChI=1S/C9H17N5OS/c1-2-12-9-14-7(11)6(16-9)8(15)13-5-3-4-10/h2-5,10-11H2,1H3,(H,12,14)(H,13,15). The zero-order valence-electron chi connectivity index (χ0n) is 9.25. The highest BCUT2D eigenvalue weighted by Crippen LogP contribution is 2.24. The average Bonchev–Trinajstić information content (AvgIpc) is 2.60. The van der Waals surface area contributed by atoms with E-state index in [1.165, 1.54) is 11.3 Å². The predicted molar refractivity (Wildman–Crippen MR) is 66.7 cm³/mol. The first-order valence-electron chi connectivity index (χ1n) is 5.17. The molecule has 6 N–H and O–H groups in total. The van der Waals surface area contributed by atoms with Crippen LogP contribution in [0.3, 0.4) is 0 Å². The summed E-state index contributed by atoms with van der Waals surface area (Å²) < 4.78 is 0. The summed E-state index contributed by atoms with van der Waals surface area (Å²) in [6.07, 6.45) is 0.754. The van der Waals surface area contributed by atoms with E-state index in [-0.39, 0.29) is 11.7 Å². The average molecular weight is 243 g/mol. The number of amides is 1. The zero-order chi connectivity index (χ0) is 12.0. The normalized spacial score (nSPS) is 10.1. The van der Waals surface area contributed by atoms with E-state index in [0.29, 0.717) is 23.1 Å². The van der Waals surface area contributed by atoms with E-state index in [2.05, 4.69) is 15.6 Å². The number of hydrogen-bond acceptors (Lipinski definition) is 6. The molecular formula is C9H17N5OS. The van der Waals surface area contributed by atoms with Crippen molar-refractivity contribution in [2.75, 3.05) is 30.7 Å². The summed E-state index contributed by atoms with van der Waals surface area (Å²) in [4.78, 5) is 16.2. The van der Waals surface area contributed by atoms with E-state index < -0.39 is 0 Å². The van der Waals surface area contributed by atoms with Gasteiger partial charge < -0.3 is 22.1 Å². The van der Waals surface area contributed by atoms with Gasteiger partial charge >= 0.3 is 0 Å². The second-order valence-corrected chi connectivity index (χ2v) is 4.16. The number of carbonyl (C=O) groups excluding carboxylic acids is 1. The van der Waals surface area contributed by atoms with Crippen LogP contribution in [-0.4, -0.2) is 30.5 Å². The molecule has 0 aliphatic heterocycles. The van der Waals surface area contributed by atoms with Crippen LogP contribution in [0.4, 0.5) is 10.9 Å². The molecule has 0 unspecified atom stereocenters. The minimum absolute atomic E-state index is 0.187. The molecule has 0 atom stereocenters. The molecule has 0 aromatic carbocycles. The lowest BCUT2D eigenvalue weighted by Gasteiger charge is -2.01. The number of nitrogens with two attached hydrogens (primary N) is 2. The fourth-order valence-electron chi connectivity index (χ4n) is 1.11. The lowest BCUT2D eigenvalue weighted by atomic mass is 10.4. The highest BCUT2D eigenvalue weighted by molar-refractivity contribution is 7.18. The Kier molecular flexibility index (Phi) is 5.00.